The van der Waals surface area contributed by atoms with Crippen molar-refractivity contribution in [2.24, 2.45) is 4.99 Å². The monoisotopic (exact) mass is 452 g/mol. The number of halogens is 1. The van der Waals surface area contributed by atoms with E-state index in [0.717, 1.165) is 20.9 Å². The van der Waals surface area contributed by atoms with Gasteiger partial charge in [0.2, 0.25) is 0 Å². The Bertz CT molecular complexity index is 1370. The van der Waals surface area contributed by atoms with Crippen LogP contribution in [0.25, 0.3) is 0 Å². The molecule has 1 heterocycles. The van der Waals surface area contributed by atoms with Gasteiger partial charge in [-0.2, -0.15) is 0 Å². The first-order valence-corrected chi connectivity index (χ1v) is 11.5. The Labute approximate surface area is 196 Å². The molecule has 3 nitrogen and oxygen atoms in total. The van der Waals surface area contributed by atoms with Crippen LogP contribution in [0.3, 0.4) is 0 Å². The number of hydrogen-bond donors (Lipinski definition) is 1. The predicted molar refractivity (Wildman–Crippen MR) is 131 cm³/mol. The van der Waals surface area contributed by atoms with Crippen molar-refractivity contribution < 1.29 is 9.18 Å². The largest absolute Gasteiger partial charge is 0.346 e. The topological polar surface area (TPSA) is 41.5 Å². The van der Waals surface area contributed by atoms with E-state index in [2.05, 4.69) is 5.32 Å². The SMILES string of the molecule is CC(NC(=O)c1ccc2c(c1)N=C(c1ccccc1F)c1ccccc1S2)c1ccccc1. The van der Waals surface area contributed by atoms with Crippen LogP contribution in [0.15, 0.2) is 112 Å². The number of carbonyl (C=O) groups is 1. The molecule has 162 valence electrons. The first-order chi connectivity index (χ1) is 16.1. The van der Waals surface area contributed by atoms with Gasteiger partial charge in [0.1, 0.15) is 5.82 Å². The summed E-state index contributed by atoms with van der Waals surface area (Å²) in [5.74, 6) is -0.506. The minimum Gasteiger partial charge on any atom is -0.346 e. The molecule has 5 rings (SSSR count). The van der Waals surface area contributed by atoms with Gasteiger partial charge in [-0.1, -0.05) is 72.4 Å². The molecule has 0 aromatic heterocycles. The van der Waals surface area contributed by atoms with Crippen LogP contribution < -0.4 is 5.32 Å². The fourth-order valence-electron chi connectivity index (χ4n) is 3.85. The highest BCUT2D eigenvalue weighted by atomic mass is 32.2. The second kappa shape index (κ2) is 9.04. The third-order valence-corrected chi connectivity index (χ3v) is 6.73. The lowest BCUT2D eigenvalue weighted by Crippen LogP contribution is -2.26. The highest BCUT2D eigenvalue weighted by Crippen LogP contribution is 2.41. The van der Waals surface area contributed by atoms with Gasteiger partial charge in [0.25, 0.3) is 5.91 Å². The second-order valence-corrected chi connectivity index (χ2v) is 8.91. The Balaban J connectivity index is 1.54. The number of benzene rings is 4. The van der Waals surface area contributed by atoms with Crippen molar-refractivity contribution >= 4 is 29.1 Å². The highest BCUT2D eigenvalue weighted by molar-refractivity contribution is 7.99. The molecule has 0 fully saturated rings. The molecule has 5 heteroatoms. The minimum atomic E-state index is -0.329. The Morgan fingerprint density at radius 2 is 1.55 bits per heavy atom. The van der Waals surface area contributed by atoms with Crippen molar-refractivity contribution in [3.63, 3.8) is 0 Å². The molecule has 0 spiro atoms. The summed E-state index contributed by atoms with van der Waals surface area (Å²) in [4.78, 5) is 19.8. The molecule has 1 unspecified atom stereocenters. The van der Waals surface area contributed by atoms with Crippen molar-refractivity contribution in [1.29, 1.82) is 0 Å². The lowest BCUT2D eigenvalue weighted by atomic mass is 10.0. The molecular formula is C28H21FN2OS. The number of fused-ring (bicyclic) bond motifs is 2. The molecule has 0 bridgehead atoms. The van der Waals surface area contributed by atoms with Crippen LogP contribution in [-0.2, 0) is 0 Å². The summed E-state index contributed by atoms with van der Waals surface area (Å²) in [6.45, 7) is 1.96. The third kappa shape index (κ3) is 4.32. The van der Waals surface area contributed by atoms with Crippen LogP contribution in [0.1, 0.15) is 40.0 Å². The number of carbonyl (C=O) groups excluding carboxylic acids is 1. The summed E-state index contributed by atoms with van der Waals surface area (Å²) in [6, 6.07) is 29.7. The van der Waals surface area contributed by atoms with Crippen LogP contribution in [0.4, 0.5) is 10.1 Å². The summed E-state index contributed by atoms with van der Waals surface area (Å²) in [7, 11) is 0. The van der Waals surface area contributed by atoms with Gasteiger partial charge in [0, 0.05) is 26.5 Å². The lowest BCUT2D eigenvalue weighted by Gasteiger charge is -2.15. The summed E-state index contributed by atoms with van der Waals surface area (Å²) in [5, 5.41) is 3.05. The smallest absolute Gasteiger partial charge is 0.251 e. The van der Waals surface area contributed by atoms with Gasteiger partial charge in [-0.05, 0) is 48.9 Å². The van der Waals surface area contributed by atoms with Gasteiger partial charge in [-0.3, -0.25) is 4.79 Å². The number of amides is 1. The number of aliphatic imine (C=N–C) groups is 1. The Hall–Kier alpha value is -3.70. The van der Waals surface area contributed by atoms with Crippen LogP contribution in [0.2, 0.25) is 0 Å². The highest BCUT2D eigenvalue weighted by Gasteiger charge is 2.22. The molecule has 4 aromatic rings. The average Bonchev–Trinajstić information content (AvgIpc) is 3.01. The zero-order valence-electron chi connectivity index (χ0n) is 18.0. The molecule has 0 saturated heterocycles. The zero-order chi connectivity index (χ0) is 22.8. The van der Waals surface area contributed by atoms with E-state index in [1.165, 1.54) is 6.07 Å². The van der Waals surface area contributed by atoms with E-state index >= 15 is 0 Å². The van der Waals surface area contributed by atoms with Crippen molar-refractivity contribution in [3.05, 3.63) is 125 Å². The van der Waals surface area contributed by atoms with E-state index < -0.39 is 0 Å². The maximum absolute atomic E-state index is 14.7. The third-order valence-electron chi connectivity index (χ3n) is 5.59. The average molecular weight is 453 g/mol. The molecule has 1 aliphatic heterocycles. The van der Waals surface area contributed by atoms with Crippen molar-refractivity contribution in [2.75, 3.05) is 0 Å². The van der Waals surface area contributed by atoms with Gasteiger partial charge in [0.05, 0.1) is 17.4 Å². The summed E-state index contributed by atoms with van der Waals surface area (Å²) in [6.07, 6.45) is 0. The molecule has 33 heavy (non-hydrogen) atoms. The van der Waals surface area contributed by atoms with Crippen molar-refractivity contribution in [3.8, 4) is 0 Å². The predicted octanol–water partition coefficient (Wildman–Crippen LogP) is 6.95. The summed E-state index contributed by atoms with van der Waals surface area (Å²) in [5.41, 5.74) is 4.06. The van der Waals surface area contributed by atoms with Crippen LogP contribution >= 0.6 is 11.8 Å². The van der Waals surface area contributed by atoms with E-state index in [-0.39, 0.29) is 17.8 Å². The number of rotatable bonds is 4. The van der Waals surface area contributed by atoms with Crippen LogP contribution in [-0.4, -0.2) is 11.6 Å². The van der Waals surface area contributed by atoms with Crippen LogP contribution in [0.5, 0.6) is 0 Å². The Morgan fingerprint density at radius 1 is 0.848 bits per heavy atom. The van der Waals surface area contributed by atoms with Gasteiger partial charge >= 0.3 is 0 Å². The molecule has 0 saturated carbocycles. The maximum atomic E-state index is 14.7. The fourth-order valence-corrected chi connectivity index (χ4v) is 4.85. The van der Waals surface area contributed by atoms with E-state index in [1.54, 1.807) is 36.0 Å². The van der Waals surface area contributed by atoms with Gasteiger partial charge < -0.3 is 5.32 Å². The van der Waals surface area contributed by atoms with E-state index in [9.17, 15) is 9.18 Å². The molecule has 0 aliphatic carbocycles. The van der Waals surface area contributed by atoms with Gasteiger partial charge in [-0.25, -0.2) is 9.38 Å². The molecule has 1 amide bonds. The quantitative estimate of drug-likeness (QED) is 0.321. The molecule has 1 N–H and O–H groups in total. The molecule has 1 aliphatic rings. The normalized spacial score (nSPS) is 13.2. The number of nitrogens with zero attached hydrogens (tertiary/aromatic N) is 1. The zero-order valence-corrected chi connectivity index (χ0v) is 18.8. The maximum Gasteiger partial charge on any atom is 0.251 e. The van der Waals surface area contributed by atoms with E-state index in [4.69, 9.17) is 4.99 Å². The number of hydrogen-bond acceptors (Lipinski definition) is 3. The molecule has 0 radical (unpaired) electrons. The van der Waals surface area contributed by atoms with E-state index in [0.29, 0.717) is 22.5 Å². The Kier molecular flexibility index (Phi) is 5.80. The van der Waals surface area contributed by atoms with E-state index in [1.807, 2.05) is 73.7 Å². The molecular weight excluding hydrogens is 431 g/mol. The summed E-state index contributed by atoms with van der Waals surface area (Å²) < 4.78 is 14.7. The standard InChI is InChI=1S/C28H21FN2OS/c1-18(19-9-3-2-4-10-19)30-28(32)20-15-16-26-24(17-20)31-27(21-11-5-7-13-23(21)29)22-12-6-8-14-25(22)33-26/h2-18H,1H3,(H,30,32). The lowest BCUT2D eigenvalue weighted by molar-refractivity contribution is 0.0940. The number of nitrogens with one attached hydrogen (secondary N) is 1. The van der Waals surface area contributed by atoms with Crippen LogP contribution in [0, 0.1) is 5.82 Å². The molecule has 4 aromatic carbocycles. The second-order valence-electron chi connectivity index (χ2n) is 7.83. The Morgan fingerprint density at radius 3 is 2.33 bits per heavy atom. The fraction of sp³-hybridized carbons (Fsp3) is 0.0714. The van der Waals surface area contributed by atoms with Crippen molar-refractivity contribution in [2.45, 2.75) is 22.8 Å². The molecule has 1 atom stereocenters. The van der Waals surface area contributed by atoms with Gasteiger partial charge in [-0.15, -0.1) is 0 Å². The van der Waals surface area contributed by atoms with Gasteiger partial charge in [0.15, 0.2) is 0 Å². The first kappa shape index (κ1) is 21.2. The minimum absolute atomic E-state index is 0.131. The first-order valence-electron chi connectivity index (χ1n) is 10.7. The summed E-state index contributed by atoms with van der Waals surface area (Å²) >= 11 is 1.57. The van der Waals surface area contributed by atoms with Crippen molar-refractivity contribution in [1.82, 2.24) is 5.32 Å².